The smallest absolute Gasteiger partial charge is 0.214 e. The second kappa shape index (κ2) is 7.98. The van der Waals surface area contributed by atoms with Crippen LogP contribution >= 0.6 is 12.2 Å². The van der Waals surface area contributed by atoms with E-state index in [-0.39, 0.29) is 0 Å². The van der Waals surface area contributed by atoms with Crippen LogP contribution in [0.3, 0.4) is 0 Å². The third-order valence-corrected chi connectivity index (χ3v) is 4.22. The van der Waals surface area contributed by atoms with Gasteiger partial charge in [0.1, 0.15) is 12.4 Å². The molecule has 130 valence electrons. The summed E-state index contributed by atoms with van der Waals surface area (Å²) in [6.45, 7) is 5.36. The summed E-state index contributed by atoms with van der Waals surface area (Å²) in [5.41, 5.74) is 6.85. The first kappa shape index (κ1) is 17.2. The largest absolute Gasteiger partial charge is 0.489 e. The molecule has 25 heavy (non-hydrogen) atoms. The highest BCUT2D eigenvalue weighted by Gasteiger charge is 2.03. The average molecular weight is 354 g/mol. The number of nitrogens with one attached hydrogen (secondary N) is 2. The fourth-order valence-electron chi connectivity index (χ4n) is 2.45. The van der Waals surface area contributed by atoms with Gasteiger partial charge in [-0.3, -0.25) is 5.10 Å². The summed E-state index contributed by atoms with van der Waals surface area (Å²) in [5.74, 6) is 1.75. The van der Waals surface area contributed by atoms with Crippen molar-refractivity contribution < 1.29 is 4.74 Å². The number of H-pyrrole nitrogens is 1. The molecule has 0 aliphatic heterocycles. The molecule has 3 rings (SSSR count). The number of rotatable bonds is 7. The molecule has 1 heterocycles. The summed E-state index contributed by atoms with van der Waals surface area (Å²) < 4.78 is 8.23. The van der Waals surface area contributed by atoms with Gasteiger partial charge in [-0.2, -0.15) is 5.10 Å². The van der Waals surface area contributed by atoms with Crippen molar-refractivity contribution in [1.29, 1.82) is 0 Å². The molecule has 3 aromatic rings. The fourth-order valence-corrected chi connectivity index (χ4v) is 2.67. The zero-order valence-electron chi connectivity index (χ0n) is 14.5. The molecular formula is C19H22N4OS. The molecule has 0 aliphatic rings. The number of ether oxygens (including phenoxy) is 1. The van der Waals surface area contributed by atoms with Crippen LogP contribution in [0.15, 0.2) is 48.5 Å². The van der Waals surface area contributed by atoms with E-state index in [1.165, 1.54) is 5.56 Å². The number of nitrogens with zero attached hydrogens (tertiary/aromatic N) is 2. The zero-order chi connectivity index (χ0) is 17.6. The van der Waals surface area contributed by atoms with Crippen LogP contribution < -0.4 is 10.2 Å². The number of aryl methyl sites for hydroxylation is 2. The van der Waals surface area contributed by atoms with E-state index < -0.39 is 0 Å². The standard InChI is InChI=1S/C19H22N4OS/c1-3-18-21-22-19(25)23(18)20-12-15-8-10-17(11-9-15)24-13-16-6-4-14(2)5-7-16/h4-11,20H,3,12-13H2,1-2H3,(H,22,25). The topological polar surface area (TPSA) is 54.9 Å². The molecule has 5 nitrogen and oxygen atoms in total. The Morgan fingerprint density at radius 3 is 2.44 bits per heavy atom. The van der Waals surface area contributed by atoms with Gasteiger partial charge in [-0.05, 0) is 42.4 Å². The maximum Gasteiger partial charge on any atom is 0.214 e. The Morgan fingerprint density at radius 1 is 1.08 bits per heavy atom. The van der Waals surface area contributed by atoms with Crippen LogP contribution in [0.25, 0.3) is 0 Å². The Morgan fingerprint density at radius 2 is 1.76 bits per heavy atom. The van der Waals surface area contributed by atoms with Gasteiger partial charge in [0.25, 0.3) is 0 Å². The molecule has 0 aliphatic carbocycles. The van der Waals surface area contributed by atoms with Crippen molar-refractivity contribution >= 4 is 12.2 Å². The number of aromatic nitrogens is 3. The Kier molecular flexibility index (Phi) is 5.50. The molecule has 0 unspecified atom stereocenters. The van der Waals surface area contributed by atoms with E-state index in [2.05, 4.69) is 46.8 Å². The Labute approximate surface area is 152 Å². The van der Waals surface area contributed by atoms with E-state index in [0.717, 1.165) is 29.1 Å². The van der Waals surface area contributed by atoms with Gasteiger partial charge >= 0.3 is 0 Å². The van der Waals surface area contributed by atoms with Crippen LogP contribution in [0.4, 0.5) is 0 Å². The summed E-state index contributed by atoms with van der Waals surface area (Å²) in [6.07, 6.45) is 0.811. The Hall–Kier alpha value is -2.60. The minimum Gasteiger partial charge on any atom is -0.489 e. The van der Waals surface area contributed by atoms with Crippen molar-refractivity contribution in [2.45, 2.75) is 33.4 Å². The van der Waals surface area contributed by atoms with Gasteiger partial charge in [0, 0.05) is 6.42 Å². The third-order valence-electron chi connectivity index (χ3n) is 3.95. The average Bonchev–Trinajstić information content (AvgIpc) is 3.00. The fraction of sp³-hybridized carbons (Fsp3) is 0.263. The predicted octanol–water partition coefficient (Wildman–Crippen LogP) is 4.13. The first-order valence-corrected chi connectivity index (χ1v) is 8.74. The van der Waals surface area contributed by atoms with Gasteiger partial charge in [-0.15, -0.1) is 0 Å². The lowest BCUT2D eigenvalue weighted by molar-refractivity contribution is 0.306. The van der Waals surface area contributed by atoms with E-state index in [1.54, 1.807) is 0 Å². The molecule has 0 saturated heterocycles. The molecule has 2 aromatic carbocycles. The predicted molar refractivity (Wildman–Crippen MR) is 102 cm³/mol. The minimum atomic E-state index is 0.571. The van der Waals surface area contributed by atoms with Gasteiger partial charge < -0.3 is 10.2 Å². The molecule has 6 heteroatoms. The van der Waals surface area contributed by atoms with Crippen LogP contribution in [0.2, 0.25) is 0 Å². The maximum atomic E-state index is 5.84. The summed E-state index contributed by atoms with van der Waals surface area (Å²) in [7, 11) is 0. The van der Waals surface area contributed by atoms with Gasteiger partial charge in [-0.1, -0.05) is 48.9 Å². The monoisotopic (exact) mass is 354 g/mol. The molecule has 0 atom stereocenters. The lowest BCUT2D eigenvalue weighted by Gasteiger charge is -2.10. The van der Waals surface area contributed by atoms with Crippen molar-refractivity contribution in [3.8, 4) is 5.75 Å². The van der Waals surface area contributed by atoms with E-state index in [1.807, 2.05) is 35.9 Å². The van der Waals surface area contributed by atoms with Crippen LogP contribution in [0.5, 0.6) is 5.75 Å². The van der Waals surface area contributed by atoms with Gasteiger partial charge in [-0.25, -0.2) is 4.68 Å². The maximum absolute atomic E-state index is 5.84. The number of hydrogen-bond donors (Lipinski definition) is 2. The van der Waals surface area contributed by atoms with Crippen LogP contribution in [0.1, 0.15) is 29.4 Å². The van der Waals surface area contributed by atoms with Crippen molar-refractivity contribution in [2.24, 2.45) is 0 Å². The quantitative estimate of drug-likeness (QED) is 0.626. The summed E-state index contributed by atoms with van der Waals surface area (Å²) in [6, 6.07) is 16.4. The summed E-state index contributed by atoms with van der Waals surface area (Å²) >= 11 is 5.23. The molecule has 0 fully saturated rings. The van der Waals surface area contributed by atoms with Crippen molar-refractivity contribution in [1.82, 2.24) is 14.9 Å². The van der Waals surface area contributed by atoms with E-state index in [0.29, 0.717) is 17.9 Å². The lowest BCUT2D eigenvalue weighted by Crippen LogP contribution is -2.17. The molecule has 0 amide bonds. The van der Waals surface area contributed by atoms with E-state index in [4.69, 9.17) is 17.0 Å². The summed E-state index contributed by atoms with van der Waals surface area (Å²) in [4.78, 5) is 0. The Balaban J connectivity index is 1.56. The lowest BCUT2D eigenvalue weighted by atomic mass is 10.2. The van der Waals surface area contributed by atoms with Crippen LogP contribution in [-0.2, 0) is 19.6 Å². The molecular weight excluding hydrogens is 332 g/mol. The highest BCUT2D eigenvalue weighted by molar-refractivity contribution is 7.71. The first-order chi connectivity index (χ1) is 12.2. The SMILES string of the molecule is CCc1n[nH]c(=S)n1NCc1ccc(OCc2ccc(C)cc2)cc1. The van der Waals surface area contributed by atoms with Gasteiger partial charge in [0.15, 0.2) is 5.82 Å². The number of hydrogen-bond acceptors (Lipinski definition) is 4. The minimum absolute atomic E-state index is 0.571. The normalized spacial score (nSPS) is 10.6. The molecule has 0 spiro atoms. The van der Waals surface area contributed by atoms with Crippen molar-refractivity contribution in [3.63, 3.8) is 0 Å². The molecule has 0 saturated carbocycles. The second-order valence-electron chi connectivity index (χ2n) is 5.89. The van der Waals surface area contributed by atoms with Crippen molar-refractivity contribution in [3.05, 3.63) is 75.8 Å². The van der Waals surface area contributed by atoms with Gasteiger partial charge in [0.05, 0.1) is 6.54 Å². The molecule has 1 aromatic heterocycles. The zero-order valence-corrected chi connectivity index (χ0v) is 15.3. The molecule has 2 N–H and O–H groups in total. The van der Waals surface area contributed by atoms with Gasteiger partial charge in [0.2, 0.25) is 4.77 Å². The van der Waals surface area contributed by atoms with Crippen LogP contribution in [-0.4, -0.2) is 14.9 Å². The highest BCUT2D eigenvalue weighted by atomic mass is 32.1. The van der Waals surface area contributed by atoms with E-state index in [9.17, 15) is 0 Å². The molecule has 0 radical (unpaired) electrons. The number of aromatic amines is 1. The van der Waals surface area contributed by atoms with E-state index >= 15 is 0 Å². The first-order valence-electron chi connectivity index (χ1n) is 8.33. The number of benzene rings is 2. The third kappa shape index (κ3) is 4.48. The highest BCUT2D eigenvalue weighted by Crippen LogP contribution is 2.15. The van der Waals surface area contributed by atoms with Crippen molar-refractivity contribution in [2.75, 3.05) is 5.43 Å². The Bertz CT molecular complexity index is 866. The summed E-state index contributed by atoms with van der Waals surface area (Å²) in [5, 5.41) is 6.98. The molecule has 0 bridgehead atoms. The van der Waals surface area contributed by atoms with Crippen LogP contribution in [0, 0.1) is 11.7 Å². The second-order valence-corrected chi connectivity index (χ2v) is 6.27.